The molecular formula is C20H17ClN4O6S2. The van der Waals surface area contributed by atoms with Crippen molar-refractivity contribution in [2.75, 3.05) is 5.32 Å². The summed E-state index contributed by atoms with van der Waals surface area (Å²) in [6, 6.07) is 8.90. The van der Waals surface area contributed by atoms with Gasteiger partial charge in [0.25, 0.3) is 10.0 Å². The van der Waals surface area contributed by atoms with Crippen molar-refractivity contribution in [2.24, 2.45) is 0 Å². The first kappa shape index (κ1) is 23.1. The number of carbonyl (C=O) groups excluding carboxylic acids is 1. The Morgan fingerprint density at radius 2 is 1.97 bits per heavy atom. The van der Waals surface area contributed by atoms with E-state index in [-0.39, 0.29) is 33.8 Å². The minimum absolute atomic E-state index is 0.0204. The lowest BCUT2D eigenvalue weighted by Crippen LogP contribution is -2.22. The van der Waals surface area contributed by atoms with Gasteiger partial charge in [-0.05, 0) is 43.3 Å². The number of aliphatic carboxylic acids is 1. The van der Waals surface area contributed by atoms with Gasteiger partial charge in [-0.2, -0.15) is 0 Å². The zero-order valence-corrected chi connectivity index (χ0v) is 19.7. The van der Waals surface area contributed by atoms with Crippen molar-refractivity contribution in [1.82, 2.24) is 13.9 Å². The second kappa shape index (κ2) is 8.71. The number of carboxylic acids is 1. The molecule has 4 rings (SSSR count). The quantitative estimate of drug-likeness (QED) is 0.361. The van der Waals surface area contributed by atoms with E-state index in [1.165, 1.54) is 44.2 Å². The number of nitrogens with zero attached hydrogens (tertiary/aromatic N) is 3. The molecule has 3 aromatic heterocycles. The number of benzene rings is 1. The summed E-state index contributed by atoms with van der Waals surface area (Å²) in [7, 11) is -4.14. The molecule has 13 heteroatoms. The van der Waals surface area contributed by atoms with Crippen LogP contribution < -0.4 is 5.32 Å². The number of carboxylic acid groups (broad SMARTS) is 1. The normalized spacial score (nSPS) is 12.8. The molecule has 0 fully saturated rings. The second-order valence-corrected chi connectivity index (χ2v) is 10.3. The Bertz CT molecular complexity index is 1510. The summed E-state index contributed by atoms with van der Waals surface area (Å²) in [6.07, 6.45) is -1.14. The standard InChI is InChI=1S/C20H17ClN4O6S2/c1-10(19(27)28)31-9-12-7-15-16(5-6-18(21)23-15)25(12)33(29,30)13-3-4-14-17(8-13)32-20(24-14)22-11(2)26/h3-8,10H,9H2,1-2H3,(H,27,28)(H,22,24,26). The smallest absolute Gasteiger partial charge is 0.332 e. The molecule has 4 aromatic rings. The third-order valence-corrected chi connectivity index (χ3v) is 7.57. The number of aromatic nitrogens is 3. The number of amides is 1. The zero-order chi connectivity index (χ0) is 23.9. The Balaban J connectivity index is 1.82. The Morgan fingerprint density at radius 1 is 1.21 bits per heavy atom. The van der Waals surface area contributed by atoms with E-state index < -0.39 is 22.1 Å². The molecule has 0 aliphatic rings. The SMILES string of the molecule is CC(=O)Nc1nc2ccc(S(=O)(=O)n3c(COC(C)C(=O)O)cc4nc(Cl)ccc43)cc2s1. The molecule has 172 valence electrons. The molecule has 0 saturated heterocycles. The summed E-state index contributed by atoms with van der Waals surface area (Å²) < 4.78 is 34.3. The highest BCUT2D eigenvalue weighted by atomic mass is 35.5. The first-order valence-corrected chi connectivity index (χ1v) is 12.1. The van der Waals surface area contributed by atoms with Crippen molar-refractivity contribution in [3.05, 3.63) is 47.2 Å². The van der Waals surface area contributed by atoms with Crippen molar-refractivity contribution in [3.8, 4) is 0 Å². The average Bonchev–Trinajstić information content (AvgIpc) is 3.30. The van der Waals surface area contributed by atoms with Crippen molar-refractivity contribution in [3.63, 3.8) is 0 Å². The Labute approximate surface area is 196 Å². The van der Waals surface area contributed by atoms with Crippen LogP contribution >= 0.6 is 22.9 Å². The van der Waals surface area contributed by atoms with Gasteiger partial charge in [-0.1, -0.05) is 22.9 Å². The Kier molecular flexibility index (Phi) is 6.10. The molecule has 1 aromatic carbocycles. The van der Waals surface area contributed by atoms with Gasteiger partial charge in [-0.3, -0.25) is 4.79 Å². The minimum atomic E-state index is -4.14. The number of thiazole rings is 1. The summed E-state index contributed by atoms with van der Waals surface area (Å²) in [4.78, 5) is 30.8. The predicted molar refractivity (Wildman–Crippen MR) is 123 cm³/mol. The van der Waals surface area contributed by atoms with Gasteiger partial charge in [-0.15, -0.1) is 0 Å². The highest BCUT2D eigenvalue weighted by Crippen LogP contribution is 2.31. The fourth-order valence-corrected chi connectivity index (χ4v) is 5.86. The number of halogens is 1. The first-order chi connectivity index (χ1) is 15.6. The Morgan fingerprint density at radius 3 is 2.67 bits per heavy atom. The summed E-state index contributed by atoms with van der Waals surface area (Å²) in [5, 5.41) is 12.2. The van der Waals surface area contributed by atoms with Crippen molar-refractivity contribution < 1.29 is 27.9 Å². The van der Waals surface area contributed by atoms with Crippen LogP contribution in [0.15, 0.2) is 41.3 Å². The third kappa shape index (κ3) is 4.55. The average molecular weight is 509 g/mol. The molecule has 3 heterocycles. The van der Waals surface area contributed by atoms with E-state index in [4.69, 9.17) is 21.4 Å². The fraction of sp³-hybridized carbons (Fsp3) is 0.200. The lowest BCUT2D eigenvalue weighted by atomic mass is 10.3. The molecule has 2 N–H and O–H groups in total. The van der Waals surface area contributed by atoms with E-state index in [2.05, 4.69) is 15.3 Å². The van der Waals surface area contributed by atoms with Crippen LogP contribution in [0.4, 0.5) is 5.13 Å². The Hall–Kier alpha value is -3.06. The minimum Gasteiger partial charge on any atom is -0.479 e. The molecule has 0 aliphatic heterocycles. The van der Waals surface area contributed by atoms with Crippen molar-refractivity contribution in [2.45, 2.75) is 31.5 Å². The molecule has 1 atom stereocenters. The molecule has 0 radical (unpaired) electrons. The summed E-state index contributed by atoms with van der Waals surface area (Å²) in [6.45, 7) is 2.42. The van der Waals surface area contributed by atoms with Gasteiger partial charge < -0.3 is 15.2 Å². The maximum atomic E-state index is 13.7. The highest BCUT2D eigenvalue weighted by Gasteiger charge is 2.25. The van der Waals surface area contributed by atoms with E-state index in [1.54, 1.807) is 6.07 Å². The number of nitrogens with one attached hydrogen (secondary N) is 1. The molecule has 1 unspecified atom stereocenters. The van der Waals surface area contributed by atoms with Crippen LogP contribution in [-0.4, -0.2) is 45.4 Å². The lowest BCUT2D eigenvalue weighted by molar-refractivity contribution is -0.149. The van der Waals surface area contributed by atoms with Gasteiger partial charge in [0.2, 0.25) is 5.91 Å². The number of ether oxygens (including phenoxy) is 1. The molecule has 33 heavy (non-hydrogen) atoms. The van der Waals surface area contributed by atoms with E-state index in [0.717, 1.165) is 15.3 Å². The highest BCUT2D eigenvalue weighted by molar-refractivity contribution is 7.90. The van der Waals surface area contributed by atoms with Gasteiger partial charge in [0.15, 0.2) is 11.2 Å². The molecule has 10 nitrogen and oxygen atoms in total. The van der Waals surface area contributed by atoms with Crippen LogP contribution in [0.5, 0.6) is 0 Å². The second-order valence-electron chi connectivity index (χ2n) is 7.06. The van der Waals surface area contributed by atoms with Crippen LogP contribution in [0, 0.1) is 0 Å². The maximum absolute atomic E-state index is 13.7. The predicted octanol–water partition coefficient (Wildman–Crippen LogP) is 3.48. The molecule has 0 spiro atoms. The van der Waals surface area contributed by atoms with E-state index in [9.17, 15) is 18.0 Å². The maximum Gasteiger partial charge on any atom is 0.332 e. The number of fused-ring (bicyclic) bond motifs is 2. The molecular weight excluding hydrogens is 492 g/mol. The fourth-order valence-electron chi connectivity index (χ4n) is 3.13. The summed E-state index contributed by atoms with van der Waals surface area (Å²) in [5.41, 5.74) is 1.31. The van der Waals surface area contributed by atoms with E-state index in [0.29, 0.717) is 20.9 Å². The molecule has 0 bridgehead atoms. The number of rotatable bonds is 7. The van der Waals surface area contributed by atoms with Crippen LogP contribution in [0.2, 0.25) is 5.15 Å². The van der Waals surface area contributed by atoms with Gasteiger partial charge in [0, 0.05) is 6.92 Å². The molecule has 0 saturated carbocycles. The van der Waals surface area contributed by atoms with Crippen molar-refractivity contribution >= 4 is 71.2 Å². The lowest BCUT2D eigenvalue weighted by Gasteiger charge is -2.13. The van der Waals surface area contributed by atoms with Gasteiger partial charge in [-0.25, -0.2) is 27.2 Å². The van der Waals surface area contributed by atoms with E-state index in [1.807, 2.05) is 0 Å². The van der Waals surface area contributed by atoms with Crippen LogP contribution in [0.1, 0.15) is 19.5 Å². The van der Waals surface area contributed by atoms with Gasteiger partial charge in [0.1, 0.15) is 5.15 Å². The van der Waals surface area contributed by atoms with Crippen LogP contribution in [0.25, 0.3) is 21.3 Å². The van der Waals surface area contributed by atoms with Gasteiger partial charge in [0.05, 0.1) is 38.4 Å². The van der Waals surface area contributed by atoms with Crippen molar-refractivity contribution in [1.29, 1.82) is 0 Å². The third-order valence-electron chi connectivity index (χ3n) is 4.66. The van der Waals surface area contributed by atoms with E-state index >= 15 is 0 Å². The summed E-state index contributed by atoms with van der Waals surface area (Å²) >= 11 is 7.11. The molecule has 1 amide bonds. The molecule has 0 aliphatic carbocycles. The number of hydrogen-bond donors (Lipinski definition) is 2. The number of hydrogen-bond acceptors (Lipinski definition) is 8. The first-order valence-electron chi connectivity index (χ1n) is 9.51. The van der Waals surface area contributed by atoms with Gasteiger partial charge >= 0.3 is 5.97 Å². The summed E-state index contributed by atoms with van der Waals surface area (Å²) in [5.74, 6) is -1.46. The van der Waals surface area contributed by atoms with Crippen LogP contribution in [0.3, 0.4) is 0 Å². The number of pyridine rings is 1. The number of carbonyl (C=O) groups is 2. The zero-order valence-electron chi connectivity index (χ0n) is 17.3. The largest absolute Gasteiger partial charge is 0.479 e. The topological polar surface area (TPSA) is 140 Å². The monoisotopic (exact) mass is 508 g/mol. The van der Waals surface area contributed by atoms with Crippen LogP contribution in [-0.2, 0) is 31.0 Å². The number of anilines is 1.